The van der Waals surface area contributed by atoms with E-state index in [0.29, 0.717) is 38.4 Å². The van der Waals surface area contributed by atoms with Crippen LogP contribution < -0.4 is 14.8 Å². The van der Waals surface area contributed by atoms with Gasteiger partial charge in [0.15, 0.2) is 11.5 Å². The van der Waals surface area contributed by atoms with E-state index >= 15 is 0 Å². The van der Waals surface area contributed by atoms with Gasteiger partial charge < -0.3 is 19.7 Å². The lowest BCUT2D eigenvalue weighted by Crippen LogP contribution is -2.48. The number of ether oxygens (including phenoxy) is 2. The summed E-state index contributed by atoms with van der Waals surface area (Å²) in [5.41, 5.74) is 2.85. The van der Waals surface area contributed by atoms with Crippen LogP contribution in [0.25, 0.3) is 0 Å². The molecule has 0 aromatic heterocycles. The lowest BCUT2D eigenvalue weighted by atomic mass is 10.1. The van der Waals surface area contributed by atoms with E-state index in [2.05, 4.69) is 22.3 Å². The fourth-order valence-electron chi connectivity index (χ4n) is 3.73. The quantitative estimate of drug-likeness (QED) is 0.819. The van der Waals surface area contributed by atoms with Gasteiger partial charge in [-0.25, -0.2) is 0 Å². The fourth-order valence-corrected chi connectivity index (χ4v) is 3.73. The second-order valence-electron chi connectivity index (χ2n) is 7.65. The average molecular weight is 409 g/mol. The molecule has 30 heavy (non-hydrogen) atoms. The van der Waals surface area contributed by atoms with E-state index in [1.165, 1.54) is 12.5 Å². The van der Waals surface area contributed by atoms with E-state index in [9.17, 15) is 9.59 Å². The number of nitrogens with zero attached hydrogens (tertiary/aromatic N) is 2. The van der Waals surface area contributed by atoms with Crippen LogP contribution in [0, 0.1) is 0 Å². The third-order valence-corrected chi connectivity index (χ3v) is 5.41. The van der Waals surface area contributed by atoms with Gasteiger partial charge in [0.2, 0.25) is 5.91 Å². The minimum absolute atomic E-state index is 0.0556. The van der Waals surface area contributed by atoms with E-state index in [-0.39, 0.29) is 11.8 Å². The van der Waals surface area contributed by atoms with Crippen LogP contribution in [0.15, 0.2) is 42.5 Å². The van der Waals surface area contributed by atoms with Gasteiger partial charge in [0.05, 0.1) is 0 Å². The Morgan fingerprint density at radius 3 is 2.27 bits per heavy atom. The van der Waals surface area contributed by atoms with Crippen molar-refractivity contribution in [3.8, 4) is 11.5 Å². The zero-order valence-electron chi connectivity index (χ0n) is 17.2. The van der Waals surface area contributed by atoms with E-state index in [1.54, 1.807) is 0 Å². The molecule has 0 radical (unpaired) electrons. The van der Waals surface area contributed by atoms with Crippen LogP contribution in [-0.2, 0) is 17.9 Å². The summed E-state index contributed by atoms with van der Waals surface area (Å²) < 4.78 is 11.3. The topological polar surface area (TPSA) is 71.1 Å². The first-order chi connectivity index (χ1) is 14.6. The highest BCUT2D eigenvalue weighted by Crippen LogP contribution is 2.31. The number of amides is 2. The van der Waals surface area contributed by atoms with Crippen molar-refractivity contribution >= 4 is 11.8 Å². The first kappa shape index (κ1) is 20.2. The molecule has 0 bridgehead atoms. The molecule has 0 saturated carbocycles. The summed E-state index contributed by atoms with van der Waals surface area (Å²) in [6.07, 6.45) is 0. The summed E-state index contributed by atoms with van der Waals surface area (Å²) in [5.74, 6) is 1.61. The van der Waals surface area contributed by atoms with Gasteiger partial charge in [0.1, 0.15) is 13.2 Å². The van der Waals surface area contributed by atoms with Gasteiger partial charge in [-0.15, -0.1) is 0 Å². The standard InChI is InChI=1S/C23H27N3O4/c1-17(27)24-15-18-2-5-20(6-3-18)23(28)26-10-8-25(9-11-26)16-19-4-7-21-22(14-19)30-13-12-29-21/h2-7,14H,8-13,15-16H2,1H3,(H,24,27). The predicted molar refractivity (Wildman–Crippen MR) is 113 cm³/mol. The summed E-state index contributed by atoms with van der Waals surface area (Å²) in [4.78, 5) is 28.1. The number of rotatable bonds is 5. The molecule has 4 rings (SSSR count). The van der Waals surface area contributed by atoms with E-state index in [4.69, 9.17) is 9.47 Å². The van der Waals surface area contributed by atoms with Gasteiger partial charge >= 0.3 is 0 Å². The average Bonchev–Trinajstić information content (AvgIpc) is 2.78. The molecule has 2 amide bonds. The number of hydrogen-bond donors (Lipinski definition) is 1. The predicted octanol–water partition coefficient (Wildman–Crippen LogP) is 2.05. The molecule has 0 atom stereocenters. The molecule has 1 saturated heterocycles. The van der Waals surface area contributed by atoms with Gasteiger partial charge in [-0.2, -0.15) is 0 Å². The molecule has 158 valence electrons. The van der Waals surface area contributed by atoms with Gasteiger partial charge in [-0.1, -0.05) is 18.2 Å². The SMILES string of the molecule is CC(=O)NCc1ccc(C(=O)N2CCN(Cc3ccc4c(c3)OCCO4)CC2)cc1. The maximum Gasteiger partial charge on any atom is 0.253 e. The van der Waals surface area contributed by atoms with E-state index in [0.717, 1.165) is 36.7 Å². The van der Waals surface area contributed by atoms with E-state index < -0.39 is 0 Å². The third kappa shape index (κ3) is 4.91. The minimum atomic E-state index is -0.0655. The second kappa shape index (κ2) is 9.17. The molecule has 7 nitrogen and oxygen atoms in total. The zero-order valence-corrected chi connectivity index (χ0v) is 17.2. The highest BCUT2D eigenvalue weighted by molar-refractivity contribution is 5.94. The van der Waals surface area contributed by atoms with Crippen molar-refractivity contribution in [1.29, 1.82) is 0 Å². The largest absolute Gasteiger partial charge is 0.486 e. The molecular weight excluding hydrogens is 382 g/mol. The Kier molecular flexibility index (Phi) is 6.18. The van der Waals surface area contributed by atoms with Crippen LogP contribution in [0.1, 0.15) is 28.4 Å². The normalized spacial score (nSPS) is 16.2. The lowest BCUT2D eigenvalue weighted by Gasteiger charge is -2.35. The van der Waals surface area contributed by atoms with Gasteiger partial charge in [-0.3, -0.25) is 14.5 Å². The maximum absolute atomic E-state index is 12.8. The Morgan fingerprint density at radius 2 is 1.57 bits per heavy atom. The fraction of sp³-hybridized carbons (Fsp3) is 0.391. The van der Waals surface area contributed by atoms with Crippen molar-refractivity contribution < 1.29 is 19.1 Å². The lowest BCUT2D eigenvalue weighted by molar-refractivity contribution is -0.119. The summed E-state index contributed by atoms with van der Waals surface area (Å²) in [5, 5.41) is 2.76. The smallest absolute Gasteiger partial charge is 0.253 e. The molecule has 2 aromatic carbocycles. The molecule has 1 fully saturated rings. The van der Waals surface area contributed by atoms with Crippen LogP contribution in [0.2, 0.25) is 0 Å². The van der Waals surface area contributed by atoms with Crippen molar-refractivity contribution in [2.24, 2.45) is 0 Å². The Morgan fingerprint density at radius 1 is 0.900 bits per heavy atom. The molecule has 0 unspecified atom stereocenters. The van der Waals surface area contributed by atoms with Crippen molar-refractivity contribution in [3.05, 3.63) is 59.2 Å². The van der Waals surface area contributed by atoms with Gasteiger partial charge in [0, 0.05) is 51.8 Å². The van der Waals surface area contributed by atoms with Crippen LogP contribution in [0.5, 0.6) is 11.5 Å². The van der Waals surface area contributed by atoms with Crippen LogP contribution in [0.3, 0.4) is 0 Å². The van der Waals surface area contributed by atoms with Crippen molar-refractivity contribution in [1.82, 2.24) is 15.1 Å². The number of fused-ring (bicyclic) bond motifs is 1. The number of benzene rings is 2. The van der Waals surface area contributed by atoms with Crippen molar-refractivity contribution in [2.45, 2.75) is 20.0 Å². The number of carbonyl (C=O) groups excluding carboxylic acids is 2. The maximum atomic E-state index is 12.8. The van der Waals surface area contributed by atoms with Crippen LogP contribution >= 0.6 is 0 Å². The number of hydrogen-bond acceptors (Lipinski definition) is 5. The molecule has 0 spiro atoms. The highest BCUT2D eigenvalue weighted by Gasteiger charge is 2.22. The number of carbonyl (C=O) groups is 2. The monoisotopic (exact) mass is 409 g/mol. The summed E-state index contributed by atoms with van der Waals surface area (Å²) in [6.45, 7) is 7.06. The van der Waals surface area contributed by atoms with Crippen molar-refractivity contribution in [3.63, 3.8) is 0 Å². The molecule has 1 N–H and O–H groups in total. The second-order valence-corrected chi connectivity index (χ2v) is 7.65. The molecule has 2 heterocycles. The Labute approximate surface area is 176 Å². The first-order valence-electron chi connectivity index (χ1n) is 10.3. The molecule has 7 heteroatoms. The van der Waals surface area contributed by atoms with Gasteiger partial charge in [-0.05, 0) is 35.4 Å². The molecular formula is C23H27N3O4. The minimum Gasteiger partial charge on any atom is -0.486 e. The third-order valence-electron chi connectivity index (χ3n) is 5.41. The van der Waals surface area contributed by atoms with Gasteiger partial charge in [0.25, 0.3) is 5.91 Å². The molecule has 2 aromatic rings. The van der Waals surface area contributed by atoms with Crippen LogP contribution in [0.4, 0.5) is 0 Å². The zero-order chi connectivity index (χ0) is 20.9. The van der Waals surface area contributed by atoms with E-state index in [1.807, 2.05) is 35.2 Å². The van der Waals surface area contributed by atoms with Crippen LogP contribution in [-0.4, -0.2) is 61.0 Å². The summed E-state index contributed by atoms with van der Waals surface area (Å²) >= 11 is 0. The summed E-state index contributed by atoms with van der Waals surface area (Å²) in [7, 11) is 0. The Hall–Kier alpha value is -3.06. The number of piperazine rings is 1. The Balaban J connectivity index is 1.28. The molecule has 2 aliphatic rings. The number of nitrogens with one attached hydrogen (secondary N) is 1. The molecule has 2 aliphatic heterocycles. The van der Waals surface area contributed by atoms with Crippen molar-refractivity contribution in [2.75, 3.05) is 39.4 Å². The highest BCUT2D eigenvalue weighted by atomic mass is 16.6. The summed E-state index contributed by atoms with van der Waals surface area (Å²) in [6, 6.07) is 13.5. The Bertz CT molecular complexity index is 905. The molecule has 0 aliphatic carbocycles. The first-order valence-corrected chi connectivity index (χ1v) is 10.3.